The van der Waals surface area contributed by atoms with Crippen molar-refractivity contribution in [1.82, 2.24) is 0 Å². The molecule has 1 aromatic heterocycles. The summed E-state index contributed by atoms with van der Waals surface area (Å²) in [5, 5.41) is 0. The van der Waals surface area contributed by atoms with E-state index in [-0.39, 0.29) is 11.8 Å². The third-order valence-electron chi connectivity index (χ3n) is 7.23. The predicted molar refractivity (Wildman–Crippen MR) is 139 cm³/mol. The van der Waals surface area contributed by atoms with Gasteiger partial charge in [0, 0.05) is 12.0 Å². The van der Waals surface area contributed by atoms with Crippen LogP contribution < -0.4 is 19.8 Å². The Bertz CT molecular complexity index is 1430. The second kappa shape index (κ2) is 10.1. The van der Waals surface area contributed by atoms with E-state index in [0.717, 1.165) is 16.9 Å². The fourth-order valence-corrected chi connectivity index (χ4v) is 5.49. The first-order chi connectivity index (χ1) is 18.4. The van der Waals surface area contributed by atoms with Crippen molar-refractivity contribution >= 4 is 12.0 Å². The van der Waals surface area contributed by atoms with Crippen LogP contribution in [0.3, 0.4) is 0 Å². The smallest absolute Gasteiger partial charge is 0.339 e. The fourth-order valence-electron chi connectivity index (χ4n) is 5.49. The van der Waals surface area contributed by atoms with E-state index < -0.39 is 23.1 Å². The average molecular weight is 517 g/mol. The maximum absolute atomic E-state index is 12.9. The summed E-state index contributed by atoms with van der Waals surface area (Å²) in [5.74, 6) is 0.894. The number of methoxy groups -OCH3 is 4. The molecule has 8 heteroatoms. The zero-order chi connectivity index (χ0) is 26.9. The Morgan fingerprint density at radius 1 is 0.763 bits per heavy atom. The lowest BCUT2D eigenvalue weighted by molar-refractivity contribution is -0.182. The highest BCUT2D eigenvalue weighted by Crippen LogP contribution is 2.66. The summed E-state index contributed by atoms with van der Waals surface area (Å²) in [6.45, 7) is 0. The maximum atomic E-state index is 12.9. The van der Waals surface area contributed by atoms with Crippen LogP contribution in [0.5, 0.6) is 17.2 Å². The molecular formula is C30H28O8. The van der Waals surface area contributed by atoms with E-state index in [1.165, 1.54) is 26.4 Å². The lowest BCUT2D eigenvalue weighted by Crippen LogP contribution is -2.63. The van der Waals surface area contributed by atoms with Crippen LogP contribution in [0.2, 0.25) is 0 Å². The van der Waals surface area contributed by atoms with Gasteiger partial charge in [-0.2, -0.15) is 0 Å². The zero-order valence-corrected chi connectivity index (χ0v) is 21.5. The van der Waals surface area contributed by atoms with Crippen LogP contribution in [0.4, 0.5) is 0 Å². The molecule has 8 nitrogen and oxygen atoms in total. The van der Waals surface area contributed by atoms with Gasteiger partial charge in [0.1, 0.15) is 28.8 Å². The minimum absolute atomic E-state index is 0.254. The third kappa shape index (κ3) is 4.32. The number of hydrogen-bond acceptors (Lipinski definition) is 8. The normalized spacial score (nSPS) is 24.1. The zero-order valence-electron chi connectivity index (χ0n) is 21.5. The summed E-state index contributed by atoms with van der Waals surface area (Å²) in [7, 11) is 6.23. The van der Waals surface area contributed by atoms with Gasteiger partial charge in [0.15, 0.2) is 5.60 Å². The molecule has 0 spiro atoms. The SMILES string of the molecule is COC1=CC(=O)O[C@]2(/C=C/c3ccc(OC)cc3)[C@H]1[C@H](c1ccc(OC)cc1)[C@H]2c1cc(OC)cc(=O)o1. The van der Waals surface area contributed by atoms with Crippen LogP contribution in [-0.2, 0) is 14.3 Å². The van der Waals surface area contributed by atoms with Crippen LogP contribution in [0.15, 0.2) is 87.8 Å². The number of carbonyl (C=O) groups is 1. The van der Waals surface area contributed by atoms with Gasteiger partial charge in [0.05, 0.1) is 52.4 Å². The first kappa shape index (κ1) is 25.2. The van der Waals surface area contributed by atoms with E-state index in [1.54, 1.807) is 20.3 Å². The second-order valence-electron chi connectivity index (χ2n) is 9.10. The van der Waals surface area contributed by atoms with E-state index in [9.17, 15) is 9.59 Å². The van der Waals surface area contributed by atoms with Crippen LogP contribution in [0.25, 0.3) is 6.08 Å². The van der Waals surface area contributed by atoms with Crippen molar-refractivity contribution < 1.29 is 32.9 Å². The van der Waals surface area contributed by atoms with E-state index >= 15 is 0 Å². The summed E-state index contributed by atoms with van der Waals surface area (Å²) < 4.78 is 33.5. The number of carbonyl (C=O) groups excluding carboxylic acids is 1. The standard InChI is InChI=1S/C30H28O8/c1-33-20-9-5-18(6-10-20)13-14-30-28(23(36-4)17-26(32)38-30)27(19-7-11-21(34-2)12-8-19)29(30)24-15-22(35-3)16-25(31)37-24/h5-17,27-29H,1-4H3/b14-13+/t27-,28+,29+,30+/m0/s1. The van der Waals surface area contributed by atoms with E-state index in [4.69, 9.17) is 28.1 Å². The molecule has 2 heterocycles. The van der Waals surface area contributed by atoms with Crippen LogP contribution in [0.1, 0.15) is 28.7 Å². The summed E-state index contributed by atoms with van der Waals surface area (Å²) in [6, 6.07) is 18.1. The summed E-state index contributed by atoms with van der Waals surface area (Å²) in [5.41, 5.74) is 0.0716. The Morgan fingerprint density at radius 3 is 2.00 bits per heavy atom. The maximum Gasteiger partial charge on any atom is 0.339 e. The summed E-state index contributed by atoms with van der Waals surface area (Å²) in [6.07, 6.45) is 5.11. The van der Waals surface area contributed by atoms with Crippen molar-refractivity contribution in [1.29, 1.82) is 0 Å². The van der Waals surface area contributed by atoms with Crippen LogP contribution >= 0.6 is 0 Å². The Kier molecular flexibility index (Phi) is 6.72. The van der Waals surface area contributed by atoms with Gasteiger partial charge in [-0.25, -0.2) is 9.59 Å². The molecule has 5 rings (SSSR count). The number of fused-ring (bicyclic) bond motifs is 1. The van der Waals surface area contributed by atoms with Crippen molar-refractivity contribution in [2.45, 2.75) is 17.4 Å². The molecule has 1 aliphatic carbocycles. The molecule has 4 atom stereocenters. The lowest BCUT2D eigenvalue weighted by atomic mass is 9.49. The molecule has 0 unspecified atom stereocenters. The molecule has 38 heavy (non-hydrogen) atoms. The summed E-state index contributed by atoms with van der Waals surface area (Å²) in [4.78, 5) is 25.3. The van der Waals surface area contributed by atoms with Crippen molar-refractivity contribution in [2.75, 3.05) is 28.4 Å². The number of ether oxygens (including phenoxy) is 5. The number of benzene rings is 2. The van der Waals surface area contributed by atoms with Gasteiger partial charge < -0.3 is 28.1 Å². The lowest BCUT2D eigenvalue weighted by Gasteiger charge is -2.59. The summed E-state index contributed by atoms with van der Waals surface area (Å²) >= 11 is 0. The molecule has 2 aliphatic rings. The first-order valence-corrected chi connectivity index (χ1v) is 12.1. The molecular weight excluding hydrogens is 488 g/mol. The molecule has 0 N–H and O–H groups in total. The van der Waals surface area contributed by atoms with Crippen molar-refractivity contribution in [3.63, 3.8) is 0 Å². The Labute approximate surface area is 220 Å². The monoisotopic (exact) mass is 516 g/mol. The van der Waals surface area contributed by atoms with Crippen molar-refractivity contribution in [3.8, 4) is 17.2 Å². The van der Waals surface area contributed by atoms with Gasteiger partial charge in [0.25, 0.3) is 0 Å². The van der Waals surface area contributed by atoms with Gasteiger partial charge in [-0.1, -0.05) is 30.3 Å². The number of rotatable bonds is 8. The molecule has 1 aliphatic heterocycles. The second-order valence-corrected chi connectivity index (χ2v) is 9.10. The molecule has 0 bridgehead atoms. The Morgan fingerprint density at radius 2 is 1.39 bits per heavy atom. The molecule has 2 aromatic carbocycles. The topological polar surface area (TPSA) is 93.4 Å². The number of hydrogen-bond donors (Lipinski definition) is 0. The molecule has 3 aromatic rings. The minimum Gasteiger partial charge on any atom is -0.500 e. The largest absolute Gasteiger partial charge is 0.500 e. The first-order valence-electron chi connectivity index (χ1n) is 12.1. The molecule has 196 valence electrons. The fraction of sp³-hybridized carbons (Fsp3) is 0.267. The molecule has 0 amide bonds. The van der Waals surface area contributed by atoms with Crippen molar-refractivity contribution in [3.05, 3.63) is 106 Å². The van der Waals surface area contributed by atoms with Crippen LogP contribution in [0, 0.1) is 5.92 Å². The number of esters is 1. The molecule has 1 fully saturated rings. The minimum atomic E-state index is -1.19. The van der Waals surface area contributed by atoms with Gasteiger partial charge in [0.2, 0.25) is 0 Å². The Balaban J connectivity index is 1.69. The van der Waals surface area contributed by atoms with E-state index in [2.05, 4.69) is 0 Å². The third-order valence-corrected chi connectivity index (χ3v) is 7.23. The average Bonchev–Trinajstić information content (AvgIpc) is 2.93. The van der Waals surface area contributed by atoms with Crippen LogP contribution in [-0.4, -0.2) is 40.0 Å². The van der Waals surface area contributed by atoms with Gasteiger partial charge in [-0.3, -0.25) is 0 Å². The van der Waals surface area contributed by atoms with Gasteiger partial charge in [-0.05, 0) is 41.5 Å². The van der Waals surface area contributed by atoms with E-state index in [0.29, 0.717) is 23.0 Å². The predicted octanol–water partition coefficient (Wildman–Crippen LogP) is 4.70. The van der Waals surface area contributed by atoms with Crippen molar-refractivity contribution in [2.24, 2.45) is 5.92 Å². The molecule has 1 saturated carbocycles. The molecule has 0 radical (unpaired) electrons. The molecule has 0 saturated heterocycles. The Hall–Kier alpha value is -4.46. The highest BCUT2D eigenvalue weighted by atomic mass is 16.6. The van der Waals surface area contributed by atoms with Gasteiger partial charge in [-0.15, -0.1) is 0 Å². The highest BCUT2D eigenvalue weighted by molar-refractivity contribution is 5.85. The quantitative estimate of drug-likeness (QED) is 0.398. The van der Waals surface area contributed by atoms with E-state index in [1.807, 2.05) is 60.7 Å². The van der Waals surface area contributed by atoms with Gasteiger partial charge >= 0.3 is 11.6 Å². The highest BCUT2D eigenvalue weighted by Gasteiger charge is 2.68.